The van der Waals surface area contributed by atoms with Gasteiger partial charge in [0, 0.05) is 20.1 Å². The second-order valence-corrected chi connectivity index (χ2v) is 5.33. The maximum atomic E-state index is 5.92. The third-order valence-corrected chi connectivity index (χ3v) is 3.72. The fourth-order valence-corrected chi connectivity index (χ4v) is 2.66. The summed E-state index contributed by atoms with van der Waals surface area (Å²) in [5, 5.41) is 7.77. The summed E-state index contributed by atoms with van der Waals surface area (Å²) in [6.45, 7) is 3.92. The van der Waals surface area contributed by atoms with Crippen LogP contribution >= 0.6 is 0 Å². The largest absolute Gasteiger partial charge is 0.486 e. The number of nitrogens with one attached hydrogen (secondary N) is 1. The van der Waals surface area contributed by atoms with Gasteiger partial charge in [0.2, 0.25) is 5.88 Å². The van der Waals surface area contributed by atoms with Crippen LogP contribution in [0.5, 0.6) is 17.4 Å². The molecule has 0 radical (unpaired) electrons. The standard InChI is InChI=1S/C16H21N3O3/c1-11-13(16(20-3)19(2)18-11)9-17-8-12-10-21-14-6-4-5-7-15(14)22-12/h4-7,12,17H,8-10H2,1-3H3/t12-/m0/s1. The quantitative estimate of drug-likeness (QED) is 0.910. The molecule has 1 aliphatic rings. The number of benzene rings is 1. The SMILES string of the molecule is COc1c(CNC[C@H]2COc3ccccc3O2)c(C)nn1C. The van der Waals surface area contributed by atoms with Crippen molar-refractivity contribution in [2.24, 2.45) is 7.05 Å². The van der Waals surface area contributed by atoms with Crippen LogP contribution in [0.4, 0.5) is 0 Å². The van der Waals surface area contributed by atoms with Crippen LogP contribution in [-0.2, 0) is 13.6 Å². The third kappa shape index (κ3) is 2.87. The van der Waals surface area contributed by atoms with E-state index in [1.165, 1.54) is 0 Å². The summed E-state index contributed by atoms with van der Waals surface area (Å²) in [6.07, 6.45) is -0.00197. The number of aryl methyl sites for hydroxylation is 2. The van der Waals surface area contributed by atoms with Crippen LogP contribution in [0.25, 0.3) is 0 Å². The zero-order valence-electron chi connectivity index (χ0n) is 13.1. The number of methoxy groups -OCH3 is 1. The Morgan fingerprint density at radius 3 is 2.91 bits per heavy atom. The lowest BCUT2D eigenvalue weighted by Gasteiger charge is -2.26. The van der Waals surface area contributed by atoms with E-state index < -0.39 is 0 Å². The van der Waals surface area contributed by atoms with Crippen LogP contribution in [0.1, 0.15) is 11.3 Å². The molecule has 0 amide bonds. The van der Waals surface area contributed by atoms with Gasteiger partial charge in [-0.1, -0.05) is 12.1 Å². The van der Waals surface area contributed by atoms with Crippen molar-refractivity contribution in [3.05, 3.63) is 35.5 Å². The van der Waals surface area contributed by atoms with Crippen molar-refractivity contribution in [1.29, 1.82) is 0 Å². The van der Waals surface area contributed by atoms with Crippen molar-refractivity contribution in [3.63, 3.8) is 0 Å². The first-order valence-electron chi connectivity index (χ1n) is 7.34. The van der Waals surface area contributed by atoms with Gasteiger partial charge in [0.15, 0.2) is 11.5 Å². The molecule has 0 saturated heterocycles. The van der Waals surface area contributed by atoms with Crippen molar-refractivity contribution in [2.45, 2.75) is 19.6 Å². The van der Waals surface area contributed by atoms with Gasteiger partial charge in [0.1, 0.15) is 12.7 Å². The number of rotatable bonds is 5. The second-order valence-electron chi connectivity index (χ2n) is 5.33. The molecule has 6 nitrogen and oxygen atoms in total. The molecule has 0 aliphatic carbocycles. The molecule has 118 valence electrons. The van der Waals surface area contributed by atoms with Crippen LogP contribution in [0.3, 0.4) is 0 Å². The van der Waals surface area contributed by atoms with Gasteiger partial charge in [-0.15, -0.1) is 0 Å². The Morgan fingerprint density at radius 1 is 1.36 bits per heavy atom. The minimum atomic E-state index is -0.00197. The monoisotopic (exact) mass is 303 g/mol. The minimum Gasteiger partial charge on any atom is -0.486 e. The molecule has 3 rings (SSSR count). The van der Waals surface area contributed by atoms with Crippen molar-refractivity contribution < 1.29 is 14.2 Å². The molecule has 1 aliphatic heterocycles. The highest BCUT2D eigenvalue weighted by Gasteiger charge is 2.21. The van der Waals surface area contributed by atoms with Gasteiger partial charge in [-0.2, -0.15) is 5.10 Å². The average Bonchev–Trinajstić information content (AvgIpc) is 2.80. The third-order valence-electron chi connectivity index (χ3n) is 3.72. The summed E-state index contributed by atoms with van der Waals surface area (Å²) < 4.78 is 18.8. The van der Waals surface area contributed by atoms with Crippen molar-refractivity contribution in [2.75, 3.05) is 20.3 Å². The number of fused-ring (bicyclic) bond motifs is 1. The Labute approximate surface area is 130 Å². The molecule has 1 N–H and O–H groups in total. The summed E-state index contributed by atoms with van der Waals surface area (Å²) in [5.41, 5.74) is 2.04. The molecule has 0 unspecified atom stereocenters. The van der Waals surface area contributed by atoms with E-state index in [2.05, 4.69) is 10.4 Å². The van der Waals surface area contributed by atoms with Gasteiger partial charge < -0.3 is 19.5 Å². The lowest BCUT2D eigenvalue weighted by Crippen LogP contribution is -2.38. The fraction of sp³-hybridized carbons (Fsp3) is 0.438. The molecule has 2 aromatic rings. The predicted molar refractivity (Wildman–Crippen MR) is 82.6 cm³/mol. The van der Waals surface area contributed by atoms with Gasteiger partial charge in [-0.05, 0) is 19.1 Å². The molecule has 1 aromatic carbocycles. The first kappa shape index (κ1) is 14.7. The van der Waals surface area contributed by atoms with E-state index in [0.29, 0.717) is 19.7 Å². The molecule has 0 bridgehead atoms. The molecule has 22 heavy (non-hydrogen) atoms. The van der Waals surface area contributed by atoms with E-state index in [0.717, 1.165) is 28.6 Å². The maximum Gasteiger partial charge on any atom is 0.216 e. The van der Waals surface area contributed by atoms with Crippen molar-refractivity contribution in [3.8, 4) is 17.4 Å². The summed E-state index contributed by atoms with van der Waals surface area (Å²) in [7, 11) is 3.54. The molecule has 2 heterocycles. The van der Waals surface area contributed by atoms with Crippen molar-refractivity contribution in [1.82, 2.24) is 15.1 Å². The lowest BCUT2D eigenvalue weighted by molar-refractivity contribution is 0.0901. The van der Waals surface area contributed by atoms with E-state index in [4.69, 9.17) is 14.2 Å². The first-order chi connectivity index (χ1) is 10.7. The summed E-state index contributed by atoms with van der Waals surface area (Å²) in [5.74, 6) is 2.40. The van der Waals surface area contributed by atoms with E-state index >= 15 is 0 Å². The number of hydrogen-bond acceptors (Lipinski definition) is 5. The first-order valence-corrected chi connectivity index (χ1v) is 7.34. The van der Waals surface area contributed by atoms with Crippen LogP contribution < -0.4 is 19.5 Å². The van der Waals surface area contributed by atoms with Gasteiger partial charge in [-0.25, -0.2) is 4.68 Å². The number of ether oxygens (including phenoxy) is 3. The molecule has 0 spiro atoms. The van der Waals surface area contributed by atoms with Gasteiger partial charge in [0.05, 0.1) is 18.4 Å². The molecule has 1 aromatic heterocycles. The minimum absolute atomic E-state index is 0.00197. The predicted octanol–water partition coefficient (Wildman–Crippen LogP) is 1.67. The zero-order valence-corrected chi connectivity index (χ0v) is 13.1. The lowest BCUT2D eigenvalue weighted by atomic mass is 10.2. The number of nitrogens with zero attached hydrogens (tertiary/aromatic N) is 2. The Hall–Kier alpha value is -2.21. The molecule has 0 saturated carbocycles. The Bertz CT molecular complexity index is 654. The number of hydrogen-bond donors (Lipinski definition) is 1. The van der Waals surface area contributed by atoms with Gasteiger partial charge in [-0.3, -0.25) is 0 Å². The Balaban J connectivity index is 1.56. The molecule has 6 heteroatoms. The summed E-state index contributed by atoms with van der Waals surface area (Å²) in [4.78, 5) is 0. The van der Waals surface area contributed by atoms with Crippen LogP contribution in [-0.4, -0.2) is 36.1 Å². The highest BCUT2D eigenvalue weighted by Crippen LogP contribution is 2.30. The fourth-order valence-electron chi connectivity index (χ4n) is 2.66. The zero-order chi connectivity index (χ0) is 15.5. The normalized spacial score (nSPS) is 16.6. The van der Waals surface area contributed by atoms with E-state index in [1.54, 1.807) is 11.8 Å². The van der Waals surface area contributed by atoms with Crippen LogP contribution in [0.15, 0.2) is 24.3 Å². The van der Waals surface area contributed by atoms with E-state index in [1.807, 2.05) is 38.2 Å². The summed E-state index contributed by atoms with van der Waals surface area (Å²) in [6, 6.07) is 7.73. The van der Waals surface area contributed by atoms with Gasteiger partial charge >= 0.3 is 0 Å². The molecular weight excluding hydrogens is 282 g/mol. The highest BCUT2D eigenvalue weighted by atomic mass is 16.6. The smallest absolute Gasteiger partial charge is 0.216 e. The van der Waals surface area contributed by atoms with Gasteiger partial charge in [0.25, 0.3) is 0 Å². The van der Waals surface area contributed by atoms with Crippen LogP contribution in [0.2, 0.25) is 0 Å². The second kappa shape index (κ2) is 6.27. The highest BCUT2D eigenvalue weighted by molar-refractivity contribution is 5.40. The number of aromatic nitrogens is 2. The average molecular weight is 303 g/mol. The van der Waals surface area contributed by atoms with Crippen molar-refractivity contribution >= 4 is 0 Å². The molecule has 1 atom stereocenters. The Morgan fingerprint density at radius 2 is 2.14 bits per heavy atom. The molecular formula is C16H21N3O3. The maximum absolute atomic E-state index is 5.92. The van der Waals surface area contributed by atoms with Crippen LogP contribution in [0, 0.1) is 6.92 Å². The topological polar surface area (TPSA) is 57.5 Å². The summed E-state index contributed by atoms with van der Waals surface area (Å²) >= 11 is 0. The van der Waals surface area contributed by atoms with E-state index in [-0.39, 0.29) is 6.10 Å². The van der Waals surface area contributed by atoms with E-state index in [9.17, 15) is 0 Å². The molecule has 0 fully saturated rings. The Kier molecular flexibility index (Phi) is 4.20. The number of para-hydroxylation sites is 2.